The molecule has 0 spiro atoms. The van der Waals surface area contributed by atoms with E-state index in [2.05, 4.69) is 69.2 Å². The molecule has 3 nitrogen and oxygen atoms in total. The summed E-state index contributed by atoms with van der Waals surface area (Å²) < 4.78 is 1.16. The zero-order chi connectivity index (χ0) is 14.1. The monoisotopic (exact) mass is 351 g/mol. The molecule has 0 fully saturated rings. The number of hydrogen-bond acceptors (Lipinski definition) is 4. The first kappa shape index (κ1) is 13.9. The Bertz CT molecular complexity index is 598. The van der Waals surface area contributed by atoms with E-state index in [1.807, 2.05) is 0 Å². The van der Waals surface area contributed by atoms with E-state index < -0.39 is 0 Å². The second-order valence-electron chi connectivity index (χ2n) is 5.00. The van der Waals surface area contributed by atoms with Crippen LogP contribution in [-0.2, 0) is 0 Å². The number of anilines is 2. The Hall–Kier alpha value is -1.04. The molecule has 106 valence electrons. The fourth-order valence-corrected chi connectivity index (χ4v) is 4.31. The first-order valence-electron chi connectivity index (χ1n) is 6.73. The number of thiophene rings is 1. The smallest absolute Gasteiger partial charge is 0.0759 e. The topological polar surface area (TPSA) is 32.5 Å². The number of likely N-dealkylation sites (N-methyl/N-ethyl adjacent to an activating group) is 1. The van der Waals surface area contributed by atoms with Gasteiger partial charge < -0.3 is 15.5 Å². The summed E-state index contributed by atoms with van der Waals surface area (Å²) in [6.07, 6.45) is 0. The van der Waals surface area contributed by atoms with Crippen molar-refractivity contribution in [3.63, 3.8) is 0 Å². The van der Waals surface area contributed by atoms with E-state index in [9.17, 15) is 0 Å². The maximum atomic E-state index is 6.07. The largest absolute Gasteiger partial charge is 0.371 e. The van der Waals surface area contributed by atoms with Crippen molar-refractivity contribution < 1.29 is 0 Å². The first-order valence-corrected chi connectivity index (χ1v) is 8.34. The van der Waals surface area contributed by atoms with Gasteiger partial charge in [-0.2, -0.15) is 0 Å². The van der Waals surface area contributed by atoms with Gasteiger partial charge in [0, 0.05) is 31.6 Å². The molecular formula is C15H18BrN3S. The normalized spacial score (nSPS) is 16.1. The molecular weight excluding hydrogens is 334 g/mol. The highest BCUT2D eigenvalue weighted by Crippen LogP contribution is 2.39. The van der Waals surface area contributed by atoms with E-state index in [0.29, 0.717) is 6.54 Å². The molecule has 1 aromatic carbocycles. The molecule has 1 unspecified atom stereocenters. The van der Waals surface area contributed by atoms with Gasteiger partial charge in [0.2, 0.25) is 0 Å². The van der Waals surface area contributed by atoms with E-state index in [4.69, 9.17) is 5.73 Å². The molecule has 2 aromatic rings. The number of nitrogens with two attached hydrogens (primary N) is 1. The zero-order valence-corrected chi connectivity index (χ0v) is 13.8. The number of benzene rings is 1. The van der Waals surface area contributed by atoms with E-state index in [1.165, 1.54) is 16.3 Å². The van der Waals surface area contributed by atoms with Gasteiger partial charge in [-0.25, -0.2) is 0 Å². The standard InChI is InChI=1S/C15H18BrN3S/c1-18-8-9-19(12-5-3-2-4-11(12)18)13(10-17)14-6-7-15(16)20-14/h2-7,13H,8-10,17H2,1H3. The Morgan fingerprint density at radius 1 is 1.20 bits per heavy atom. The van der Waals surface area contributed by atoms with Crippen molar-refractivity contribution in [2.45, 2.75) is 6.04 Å². The molecule has 2 heterocycles. The summed E-state index contributed by atoms with van der Waals surface area (Å²) >= 11 is 5.32. The number of fused-ring (bicyclic) bond motifs is 1. The summed E-state index contributed by atoms with van der Waals surface area (Å²) in [5, 5.41) is 0. The maximum Gasteiger partial charge on any atom is 0.0759 e. The number of nitrogens with zero attached hydrogens (tertiary/aromatic N) is 2. The summed E-state index contributed by atoms with van der Waals surface area (Å²) in [5.41, 5.74) is 8.64. The maximum absolute atomic E-state index is 6.07. The molecule has 1 aliphatic rings. The molecule has 0 bridgehead atoms. The van der Waals surface area contributed by atoms with Crippen LogP contribution >= 0.6 is 27.3 Å². The molecule has 2 N–H and O–H groups in total. The molecule has 1 aromatic heterocycles. The zero-order valence-electron chi connectivity index (χ0n) is 11.4. The third-order valence-corrected chi connectivity index (χ3v) is 5.53. The predicted octanol–water partition coefficient (Wildman–Crippen LogP) is 3.47. The van der Waals surface area contributed by atoms with Crippen LogP contribution < -0.4 is 15.5 Å². The van der Waals surface area contributed by atoms with Crippen LogP contribution in [0.5, 0.6) is 0 Å². The predicted molar refractivity (Wildman–Crippen MR) is 90.9 cm³/mol. The van der Waals surface area contributed by atoms with Crippen molar-refractivity contribution in [3.05, 3.63) is 45.1 Å². The van der Waals surface area contributed by atoms with Crippen molar-refractivity contribution in [2.24, 2.45) is 5.73 Å². The van der Waals surface area contributed by atoms with Crippen molar-refractivity contribution in [2.75, 3.05) is 36.5 Å². The van der Waals surface area contributed by atoms with Crippen molar-refractivity contribution >= 4 is 38.6 Å². The molecule has 1 atom stereocenters. The van der Waals surface area contributed by atoms with Gasteiger partial charge >= 0.3 is 0 Å². The molecule has 0 saturated carbocycles. The molecule has 20 heavy (non-hydrogen) atoms. The lowest BCUT2D eigenvalue weighted by Gasteiger charge is -2.41. The summed E-state index contributed by atoms with van der Waals surface area (Å²) in [7, 11) is 2.15. The van der Waals surface area contributed by atoms with Gasteiger partial charge in [-0.15, -0.1) is 11.3 Å². The summed E-state index contributed by atoms with van der Waals surface area (Å²) in [6.45, 7) is 2.66. The highest BCUT2D eigenvalue weighted by molar-refractivity contribution is 9.11. The van der Waals surface area contributed by atoms with Crippen LogP contribution in [-0.4, -0.2) is 26.7 Å². The number of halogens is 1. The fourth-order valence-electron chi connectivity index (χ4n) is 2.76. The fraction of sp³-hybridized carbons (Fsp3) is 0.333. The van der Waals surface area contributed by atoms with Crippen LogP contribution in [0.3, 0.4) is 0 Å². The Labute approximate surface area is 132 Å². The summed E-state index contributed by atoms with van der Waals surface area (Å²) in [4.78, 5) is 6.07. The lowest BCUT2D eigenvalue weighted by molar-refractivity contribution is 0.618. The second kappa shape index (κ2) is 5.76. The number of hydrogen-bond donors (Lipinski definition) is 1. The second-order valence-corrected chi connectivity index (χ2v) is 7.49. The molecule has 0 aliphatic carbocycles. The van der Waals surface area contributed by atoms with E-state index in [-0.39, 0.29) is 6.04 Å². The van der Waals surface area contributed by atoms with E-state index in [1.54, 1.807) is 11.3 Å². The minimum absolute atomic E-state index is 0.251. The van der Waals surface area contributed by atoms with Gasteiger partial charge in [-0.3, -0.25) is 0 Å². The SMILES string of the molecule is CN1CCN(C(CN)c2ccc(Br)s2)c2ccccc21. The highest BCUT2D eigenvalue weighted by Gasteiger charge is 2.27. The van der Waals surface area contributed by atoms with Crippen LogP contribution in [0.25, 0.3) is 0 Å². The molecule has 3 rings (SSSR count). The average Bonchev–Trinajstić information content (AvgIpc) is 2.89. The van der Waals surface area contributed by atoms with Crippen LogP contribution in [0.4, 0.5) is 11.4 Å². The minimum atomic E-state index is 0.251. The minimum Gasteiger partial charge on any atom is -0.371 e. The Morgan fingerprint density at radius 2 is 1.95 bits per heavy atom. The van der Waals surface area contributed by atoms with Crippen LogP contribution in [0.1, 0.15) is 10.9 Å². The lowest BCUT2D eigenvalue weighted by atomic mass is 10.1. The average molecular weight is 352 g/mol. The van der Waals surface area contributed by atoms with Gasteiger partial charge in [0.1, 0.15) is 0 Å². The van der Waals surface area contributed by atoms with Gasteiger partial charge in [-0.1, -0.05) is 12.1 Å². The first-order chi connectivity index (χ1) is 9.70. The number of para-hydroxylation sites is 2. The lowest BCUT2D eigenvalue weighted by Crippen LogP contribution is -2.43. The third kappa shape index (κ3) is 2.45. The van der Waals surface area contributed by atoms with Gasteiger partial charge in [0.05, 0.1) is 21.2 Å². The summed E-state index contributed by atoms with van der Waals surface area (Å²) in [6, 6.07) is 13.1. The van der Waals surface area contributed by atoms with Gasteiger partial charge in [0.25, 0.3) is 0 Å². The van der Waals surface area contributed by atoms with Gasteiger partial charge in [0.15, 0.2) is 0 Å². The van der Waals surface area contributed by atoms with Gasteiger partial charge in [-0.05, 0) is 40.2 Å². The van der Waals surface area contributed by atoms with Crippen molar-refractivity contribution in [1.29, 1.82) is 0 Å². The Morgan fingerprint density at radius 3 is 2.60 bits per heavy atom. The highest BCUT2D eigenvalue weighted by atomic mass is 79.9. The molecule has 0 radical (unpaired) electrons. The Kier molecular flexibility index (Phi) is 4.01. The Balaban J connectivity index is 1.99. The van der Waals surface area contributed by atoms with Crippen molar-refractivity contribution in [1.82, 2.24) is 0 Å². The third-order valence-electron chi connectivity index (χ3n) is 3.80. The molecule has 1 aliphatic heterocycles. The quantitative estimate of drug-likeness (QED) is 0.918. The van der Waals surface area contributed by atoms with Crippen LogP contribution in [0.2, 0.25) is 0 Å². The van der Waals surface area contributed by atoms with E-state index in [0.717, 1.165) is 16.9 Å². The summed E-state index contributed by atoms with van der Waals surface area (Å²) in [5.74, 6) is 0. The molecule has 5 heteroatoms. The van der Waals surface area contributed by atoms with Crippen molar-refractivity contribution in [3.8, 4) is 0 Å². The number of rotatable bonds is 3. The van der Waals surface area contributed by atoms with Crippen LogP contribution in [0.15, 0.2) is 40.2 Å². The van der Waals surface area contributed by atoms with Crippen LogP contribution in [0, 0.1) is 0 Å². The molecule has 0 amide bonds. The van der Waals surface area contributed by atoms with E-state index >= 15 is 0 Å². The molecule has 0 saturated heterocycles.